The van der Waals surface area contributed by atoms with E-state index in [0.717, 1.165) is 25.0 Å². The number of benzene rings is 1. The summed E-state index contributed by atoms with van der Waals surface area (Å²) in [5, 5.41) is 19.7. The molecule has 19 heavy (non-hydrogen) atoms. The van der Waals surface area contributed by atoms with Crippen molar-refractivity contribution in [2.45, 2.75) is 30.9 Å². The molecule has 0 unspecified atom stereocenters. The average molecular weight is 286 g/mol. The number of non-ortho nitro benzene ring substituents is 1. The first-order chi connectivity index (χ1) is 8.90. The van der Waals surface area contributed by atoms with E-state index in [1.807, 2.05) is 0 Å². The zero-order valence-corrected chi connectivity index (χ0v) is 10.9. The molecule has 1 aromatic carbocycles. The Morgan fingerprint density at radius 2 is 1.95 bits per heavy atom. The molecule has 1 saturated carbocycles. The van der Waals surface area contributed by atoms with Crippen LogP contribution in [0, 0.1) is 10.1 Å². The van der Waals surface area contributed by atoms with Crippen molar-refractivity contribution in [3.63, 3.8) is 0 Å². The number of aromatic hydroxyl groups is 1. The number of anilines is 1. The molecule has 104 valence electrons. The summed E-state index contributed by atoms with van der Waals surface area (Å²) in [5.74, 6) is -0.448. The molecule has 0 amide bonds. The molecule has 0 atom stereocenters. The van der Waals surface area contributed by atoms with Crippen LogP contribution in [-0.4, -0.2) is 23.7 Å². The van der Waals surface area contributed by atoms with E-state index < -0.39 is 25.9 Å². The molecule has 0 bridgehead atoms. The van der Waals surface area contributed by atoms with Crippen molar-refractivity contribution in [1.82, 2.24) is 0 Å². The second-order valence-electron chi connectivity index (χ2n) is 4.51. The van der Waals surface area contributed by atoms with Gasteiger partial charge in [-0.15, -0.1) is 0 Å². The van der Waals surface area contributed by atoms with Gasteiger partial charge in [0.1, 0.15) is 5.75 Å². The molecular weight excluding hydrogens is 272 g/mol. The predicted octanol–water partition coefficient (Wildman–Crippen LogP) is 1.98. The molecule has 7 nitrogen and oxygen atoms in total. The van der Waals surface area contributed by atoms with Crippen LogP contribution in [0.1, 0.15) is 25.7 Å². The summed E-state index contributed by atoms with van der Waals surface area (Å²) in [6.07, 6.45) is 2.95. The average Bonchev–Trinajstić information content (AvgIpc) is 2.85. The molecule has 0 heterocycles. The molecule has 0 aliphatic heterocycles. The van der Waals surface area contributed by atoms with Crippen LogP contribution in [0.15, 0.2) is 18.2 Å². The number of hydrogen-bond acceptors (Lipinski definition) is 5. The SMILES string of the molecule is O=[N+]([O-])c1ccc(NS(=O)(=O)C2CCCC2)c(O)c1. The molecule has 0 spiro atoms. The highest BCUT2D eigenvalue weighted by molar-refractivity contribution is 7.93. The van der Waals surface area contributed by atoms with Crippen molar-refractivity contribution in [1.29, 1.82) is 0 Å². The molecule has 0 saturated heterocycles. The summed E-state index contributed by atoms with van der Waals surface area (Å²) in [4.78, 5) is 9.86. The topological polar surface area (TPSA) is 110 Å². The Labute approximate surface area is 110 Å². The van der Waals surface area contributed by atoms with E-state index in [4.69, 9.17) is 0 Å². The quantitative estimate of drug-likeness (QED) is 0.499. The van der Waals surface area contributed by atoms with Gasteiger partial charge in [0.05, 0.1) is 21.9 Å². The summed E-state index contributed by atoms with van der Waals surface area (Å²) < 4.78 is 26.3. The van der Waals surface area contributed by atoms with Gasteiger partial charge in [0, 0.05) is 6.07 Å². The lowest BCUT2D eigenvalue weighted by Gasteiger charge is -2.14. The number of nitrogens with one attached hydrogen (secondary N) is 1. The van der Waals surface area contributed by atoms with Crippen molar-refractivity contribution < 1.29 is 18.4 Å². The Hall–Kier alpha value is -1.83. The summed E-state index contributed by atoms with van der Waals surface area (Å²) >= 11 is 0. The van der Waals surface area contributed by atoms with E-state index in [9.17, 15) is 23.6 Å². The Morgan fingerprint density at radius 3 is 2.47 bits per heavy atom. The third-order valence-corrected chi connectivity index (χ3v) is 5.04. The lowest BCUT2D eigenvalue weighted by atomic mass is 10.2. The number of nitrogens with zero attached hydrogens (tertiary/aromatic N) is 1. The molecule has 2 rings (SSSR count). The zero-order valence-electron chi connectivity index (χ0n) is 10.1. The number of nitro benzene ring substituents is 1. The molecule has 1 aromatic rings. The minimum absolute atomic E-state index is 0.0301. The fourth-order valence-electron chi connectivity index (χ4n) is 2.16. The maximum atomic E-state index is 12.0. The van der Waals surface area contributed by atoms with Gasteiger partial charge < -0.3 is 5.11 Å². The maximum Gasteiger partial charge on any atom is 0.273 e. The molecule has 1 aliphatic rings. The van der Waals surface area contributed by atoms with Gasteiger partial charge in [-0.3, -0.25) is 14.8 Å². The van der Waals surface area contributed by atoms with Crippen LogP contribution in [-0.2, 0) is 10.0 Å². The Kier molecular flexibility index (Phi) is 3.61. The van der Waals surface area contributed by atoms with Crippen LogP contribution in [0.3, 0.4) is 0 Å². The molecule has 0 radical (unpaired) electrons. The van der Waals surface area contributed by atoms with Crippen LogP contribution >= 0.6 is 0 Å². The first-order valence-corrected chi connectivity index (χ1v) is 7.44. The first kappa shape index (κ1) is 13.6. The van der Waals surface area contributed by atoms with Gasteiger partial charge in [0.25, 0.3) is 5.69 Å². The molecule has 8 heteroatoms. The molecule has 2 N–H and O–H groups in total. The van der Waals surface area contributed by atoms with Gasteiger partial charge in [-0.1, -0.05) is 12.8 Å². The van der Waals surface area contributed by atoms with Gasteiger partial charge in [0.15, 0.2) is 0 Å². The van der Waals surface area contributed by atoms with Crippen molar-refractivity contribution >= 4 is 21.4 Å². The van der Waals surface area contributed by atoms with Gasteiger partial charge >= 0.3 is 0 Å². The fraction of sp³-hybridized carbons (Fsp3) is 0.455. The minimum atomic E-state index is -3.55. The summed E-state index contributed by atoms with van der Waals surface area (Å²) in [7, 11) is -3.55. The Balaban J connectivity index is 2.21. The van der Waals surface area contributed by atoms with Gasteiger partial charge in [-0.05, 0) is 18.9 Å². The highest BCUT2D eigenvalue weighted by Crippen LogP contribution is 2.31. The van der Waals surface area contributed by atoms with Crippen LogP contribution < -0.4 is 4.72 Å². The van der Waals surface area contributed by atoms with E-state index in [2.05, 4.69) is 4.72 Å². The van der Waals surface area contributed by atoms with Gasteiger partial charge in [0.2, 0.25) is 10.0 Å². The summed E-state index contributed by atoms with van der Waals surface area (Å²) in [6, 6.07) is 3.26. The van der Waals surface area contributed by atoms with E-state index in [0.29, 0.717) is 12.8 Å². The third kappa shape index (κ3) is 2.95. The number of rotatable bonds is 4. The summed E-state index contributed by atoms with van der Waals surface area (Å²) in [6.45, 7) is 0. The predicted molar refractivity (Wildman–Crippen MR) is 69.6 cm³/mol. The third-order valence-electron chi connectivity index (χ3n) is 3.19. The highest BCUT2D eigenvalue weighted by atomic mass is 32.2. The molecular formula is C11H14N2O5S. The summed E-state index contributed by atoms with van der Waals surface area (Å²) in [5.41, 5.74) is -0.321. The normalized spacial score (nSPS) is 16.4. The van der Waals surface area contributed by atoms with E-state index in [1.165, 1.54) is 6.07 Å². The van der Waals surface area contributed by atoms with Crippen LogP contribution in [0.4, 0.5) is 11.4 Å². The van der Waals surface area contributed by atoms with Crippen molar-refractivity contribution in [3.8, 4) is 5.75 Å². The standard InChI is InChI=1S/C11H14N2O5S/c14-11-7-8(13(15)16)5-6-10(11)12-19(17,18)9-3-1-2-4-9/h5-7,9,12,14H,1-4H2. The number of phenols is 1. The second-order valence-corrected chi connectivity index (χ2v) is 6.47. The lowest BCUT2D eigenvalue weighted by molar-refractivity contribution is -0.384. The smallest absolute Gasteiger partial charge is 0.273 e. The van der Waals surface area contributed by atoms with Gasteiger partial charge in [-0.2, -0.15) is 0 Å². The van der Waals surface area contributed by atoms with Crippen LogP contribution in [0.25, 0.3) is 0 Å². The maximum absolute atomic E-state index is 12.0. The van der Waals surface area contributed by atoms with Crippen molar-refractivity contribution in [3.05, 3.63) is 28.3 Å². The number of phenolic OH excluding ortho intramolecular Hbond substituents is 1. The monoisotopic (exact) mass is 286 g/mol. The lowest BCUT2D eigenvalue weighted by Crippen LogP contribution is -2.25. The Bertz CT molecular complexity index is 593. The van der Waals surface area contributed by atoms with Crippen LogP contribution in [0.2, 0.25) is 0 Å². The fourth-order valence-corrected chi connectivity index (χ4v) is 3.75. The number of sulfonamides is 1. The Morgan fingerprint density at radius 1 is 1.32 bits per heavy atom. The molecule has 1 fully saturated rings. The van der Waals surface area contributed by atoms with Crippen LogP contribution in [0.5, 0.6) is 5.75 Å². The number of nitro groups is 1. The van der Waals surface area contributed by atoms with Crippen molar-refractivity contribution in [2.24, 2.45) is 0 Å². The second kappa shape index (κ2) is 5.04. The molecule has 1 aliphatic carbocycles. The van der Waals surface area contributed by atoms with Crippen molar-refractivity contribution in [2.75, 3.05) is 4.72 Å². The van der Waals surface area contributed by atoms with E-state index in [-0.39, 0.29) is 11.4 Å². The highest BCUT2D eigenvalue weighted by Gasteiger charge is 2.29. The largest absolute Gasteiger partial charge is 0.505 e. The number of hydrogen-bond donors (Lipinski definition) is 2. The molecule has 0 aromatic heterocycles. The zero-order chi connectivity index (χ0) is 14.0. The first-order valence-electron chi connectivity index (χ1n) is 5.89. The minimum Gasteiger partial charge on any atom is -0.505 e. The van der Waals surface area contributed by atoms with E-state index >= 15 is 0 Å². The van der Waals surface area contributed by atoms with E-state index in [1.54, 1.807) is 0 Å². The van der Waals surface area contributed by atoms with Gasteiger partial charge in [-0.25, -0.2) is 8.42 Å².